The largest absolute Gasteiger partial charge is 0.465 e. The lowest BCUT2D eigenvalue weighted by Crippen LogP contribution is -2.01. The molecule has 0 saturated carbocycles. The molecule has 0 aliphatic rings. The molecule has 2 rings (SSSR count). The number of methoxy groups -OCH3 is 1. The van der Waals surface area contributed by atoms with Gasteiger partial charge in [-0.1, -0.05) is 5.16 Å². The molecule has 1 aromatic carbocycles. The van der Waals surface area contributed by atoms with Crippen LogP contribution in [0.4, 0.5) is 5.69 Å². The van der Waals surface area contributed by atoms with Crippen molar-refractivity contribution in [1.29, 1.82) is 0 Å². The minimum Gasteiger partial charge on any atom is -0.465 e. The number of aromatic nitrogens is 1. The summed E-state index contributed by atoms with van der Waals surface area (Å²) in [5.74, 6) is -0.579. The molecule has 0 aliphatic carbocycles. The number of carbonyl (C=O) groups excluding carboxylic acids is 1. The standard InChI is InChI=1S/C11H8N2O5/c1-17-11(14)9-6-18-12-10(9)7-2-4-8(5-3-7)13(15)16/h2-6H,1H3. The summed E-state index contributed by atoms with van der Waals surface area (Å²) >= 11 is 0. The van der Waals surface area contributed by atoms with Gasteiger partial charge in [-0.3, -0.25) is 10.1 Å². The van der Waals surface area contributed by atoms with Crippen LogP contribution in [0.15, 0.2) is 35.1 Å². The van der Waals surface area contributed by atoms with Crippen molar-refractivity contribution in [3.05, 3.63) is 46.2 Å². The molecule has 0 spiro atoms. The van der Waals surface area contributed by atoms with Crippen LogP contribution >= 0.6 is 0 Å². The van der Waals surface area contributed by atoms with Gasteiger partial charge in [-0.15, -0.1) is 0 Å². The maximum Gasteiger partial charge on any atom is 0.343 e. The van der Waals surface area contributed by atoms with Crippen LogP contribution in [0.1, 0.15) is 10.4 Å². The van der Waals surface area contributed by atoms with Crippen molar-refractivity contribution < 1.29 is 19.0 Å². The monoisotopic (exact) mass is 248 g/mol. The van der Waals surface area contributed by atoms with Crippen LogP contribution in [0.2, 0.25) is 0 Å². The highest BCUT2D eigenvalue weighted by molar-refractivity contribution is 5.95. The van der Waals surface area contributed by atoms with E-state index in [4.69, 9.17) is 4.52 Å². The predicted octanol–water partition coefficient (Wildman–Crippen LogP) is 2.04. The predicted molar refractivity (Wildman–Crippen MR) is 59.9 cm³/mol. The van der Waals surface area contributed by atoms with Crippen LogP contribution in [0.3, 0.4) is 0 Å². The summed E-state index contributed by atoms with van der Waals surface area (Å²) in [7, 11) is 1.24. The Hall–Kier alpha value is -2.70. The number of hydrogen-bond donors (Lipinski definition) is 0. The van der Waals surface area contributed by atoms with E-state index in [2.05, 4.69) is 9.89 Å². The topological polar surface area (TPSA) is 95.5 Å². The summed E-state index contributed by atoms with van der Waals surface area (Å²) in [6, 6.07) is 5.63. The number of carbonyl (C=O) groups is 1. The molecular formula is C11H8N2O5. The molecule has 0 radical (unpaired) electrons. The minimum atomic E-state index is -0.579. The summed E-state index contributed by atoms with van der Waals surface area (Å²) in [4.78, 5) is 21.4. The Labute approximate surface area is 101 Å². The lowest BCUT2D eigenvalue weighted by Gasteiger charge is -1.99. The summed E-state index contributed by atoms with van der Waals surface area (Å²) in [6.45, 7) is 0. The van der Waals surface area contributed by atoms with Gasteiger partial charge in [0.1, 0.15) is 17.5 Å². The van der Waals surface area contributed by atoms with E-state index < -0.39 is 10.9 Å². The summed E-state index contributed by atoms with van der Waals surface area (Å²) < 4.78 is 9.29. The fourth-order valence-electron chi connectivity index (χ4n) is 1.44. The second kappa shape index (κ2) is 4.66. The zero-order valence-corrected chi connectivity index (χ0v) is 9.32. The summed E-state index contributed by atoms with van der Waals surface area (Å²) in [5.41, 5.74) is 0.958. The van der Waals surface area contributed by atoms with Crippen LogP contribution in [-0.4, -0.2) is 23.2 Å². The van der Waals surface area contributed by atoms with E-state index in [-0.39, 0.29) is 16.9 Å². The lowest BCUT2D eigenvalue weighted by atomic mass is 10.1. The highest BCUT2D eigenvalue weighted by Crippen LogP contribution is 2.24. The fourth-order valence-corrected chi connectivity index (χ4v) is 1.44. The van der Waals surface area contributed by atoms with E-state index in [1.54, 1.807) is 0 Å². The maximum absolute atomic E-state index is 11.4. The molecule has 18 heavy (non-hydrogen) atoms. The Morgan fingerprint density at radius 2 is 2.06 bits per heavy atom. The first kappa shape index (κ1) is 11.8. The highest BCUT2D eigenvalue weighted by atomic mass is 16.6. The van der Waals surface area contributed by atoms with Gasteiger partial charge in [0, 0.05) is 17.7 Å². The van der Waals surface area contributed by atoms with Crippen molar-refractivity contribution in [2.45, 2.75) is 0 Å². The van der Waals surface area contributed by atoms with Gasteiger partial charge < -0.3 is 9.26 Å². The van der Waals surface area contributed by atoms with Crippen LogP contribution in [0, 0.1) is 10.1 Å². The fraction of sp³-hybridized carbons (Fsp3) is 0.0909. The summed E-state index contributed by atoms with van der Waals surface area (Å²) in [6.07, 6.45) is 1.17. The molecule has 2 aromatic rings. The van der Waals surface area contributed by atoms with Crippen molar-refractivity contribution in [2.24, 2.45) is 0 Å². The third-order valence-corrected chi connectivity index (χ3v) is 2.33. The first-order valence-electron chi connectivity index (χ1n) is 4.91. The lowest BCUT2D eigenvalue weighted by molar-refractivity contribution is -0.384. The Morgan fingerprint density at radius 1 is 1.39 bits per heavy atom. The van der Waals surface area contributed by atoms with Crippen LogP contribution in [-0.2, 0) is 4.74 Å². The van der Waals surface area contributed by atoms with Gasteiger partial charge in [0.2, 0.25) is 0 Å². The first-order valence-corrected chi connectivity index (χ1v) is 4.91. The third-order valence-electron chi connectivity index (χ3n) is 2.33. The number of nitrogens with zero attached hydrogens (tertiary/aromatic N) is 2. The average molecular weight is 248 g/mol. The number of nitro groups is 1. The second-order valence-electron chi connectivity index (χ2n) is 3.37. The van der Waals surface area contributed by atoms with Crippen molar-refractivity contribution in [3.8, 4) is 11.3 Å². The molecule has 92 valence electrons. The Morgan fingerprint density at radius 3 is 2.61 bits per heavy atom. The van der Waals surface area contributed by atoms with Gasteiger partial charge >= 0.3 is 5.97 Å². The molecule has 0 fully saturated rings. The molecule has 1 aromatic heterocycles. The zero-order valence-electron chi connectivity index (χ0n) is 9.32. The average Bonchev–Trinajstić information content (AvgIpc) is 2.87. The van der Waals surface area contributed by atoms with E-state index in [0.29, 0.717) is 5.56 Å². The molecule has 0 bridgehead atoms. The number of non-ortho nitro benzene ring substituents is 1. The number of hydrogen-bond acceptors (Lipinski definition) is 6. The van der Waals surface area contributed by atoms with Crippen molar-refractivity contribution in [1.82, 2.24) is 5.16 Å². The van der Waals surface area contributed by atoms with Gasteiger partial charge in [-0.05, 0) is 12.1 Å². The van der Waals surface area contributed by atoms with E-state index in [9.17, 15) is 14.9 Å². The van der Waals surface area contributed by atoms with E-state index >= 15 is 0 Å². The van der Waals surface area contributed by atoms with Crippen LogP contribution in [0.5, 0.6) is 0 Å². The highest BCUT2D eigenvalue weighted by Gasteiger charge is 2.18. The van der Waals surface area contributed by atoms with Crippen molar-refractivity contribution in [3.63, 3.8) is 0 Å². The van der Waals surface area contributed by atoms with Crippen LogP contribution in [0.25, 0.3) is 11.3 Å². The summed E-state index contributed by atoms with van der Waals surface area (Å²) in [5, 5.41) is 14.2. The Balaban J connectivity index is 2.40. The number of benzene rings is 1. The normalized spacial score (nSPS) is 10.1. The molecule has 0 unspecified atom stereocenters. The Bertz CT molecular complexity index is 588. The quantitative estimate of drug-likeness (QED) is 0.468. The molecule has 0 N–H and O–H groups in total. The smallest absolute Gasteiger partial charge is 0.343 e. The van der Waals surface area contributed by atoms with E-state index in [0.717, 1.165) is 0 Å². The number of rotatable bonds is 3. The molecule has 0 aliphatic heterocycles. The van der Waals surface area contributed by atoms with Gasteiger partial charge in [0.05, 0.1) is 12.0 Å². The second-order valence-corrected chi connectivity index (χ2v) is 3.37. The number of nitro benzene ring substituents is 1. The Kier molecular flexibility index (Phi) is 3.05. The van der Waals surface area contributed by atoms with Gasteiger partial charge in [0.15, 0.2) is 0 Å². The van der Waals surface area contributed by atoms with Crippen LogP contribution < -0.4 is 0 Å². The molecule has 0 saturated heterocycles. The number of ether oxygens (including phenoxy) is 1. The maximum atomic E-state index is 11.4. The van der Waals surface area contributed by atoms with Crippen molar-refractivity contribution in [2.75, 3.05) is 7.11 Å². The van der Waals surface area contributed by atoms with E-state index in [1.807, 2.05) is 0 Å². The molecular weight excluding hydrogens is 240 g/mol. The SMILES string of the molecule is COC(=O)c1conc1-c1ccc([N+](=O)[O-])cc1. The minimum absolute atomic E-state index is 0.0399. The molecule has 1 heterocycles. The molecule has 7 heteroatoms. The van der Waals surface area contributed by atoms with Gasteiger partial charge in [0.25, 0.3) is 5.69 Å². The van der Waals surface area contributed by atoms with Crippen molar-refractivity contribution >= 4 is 11.7 Å². The zero-order chi connectivity index (χ0) is 13.1. The molecule has 0 atom stereocenters. The van der Waals surface area contributed by atoms with Gasteiger partial charge in [-0.2, -0.15) is 0 Å². The van der Waals surface area contributed by atoms with Gasteiger partial charge in [-0.25, -0.2) is 4.79 Å². The molecule has 0 amide bonds. The third kappa shape index (κ3) is 2.05. The number of esters is 1. The first-order chi connectivity index (χ1) is 8.63. The van der Waals surface area contributed by atoms with E-state index in [1.165, 1.54) is 37.6 Å². The molecule has 7 nitrogen and oxygen atoms in total.